The molecule has 152 valence electrons. The SMILES string of the molecule is CC(C)N1CCN(c2ccc(C(=O)N3C[C@@H]4CCC[C@@]4(C(=O)O)C3)cc2)CC1. The molecule has 1 aromatic carbocycles. The van der Waals surface area contributed by atoms with Crippen LogP contribution in [0.25, 0.3) is 0 Å². The normalized spacial score (nSPS) is 28.0. The standard InChI is InChI=1S/C22H31N3O3/c1-16(2)23-10-12-24(13-11-23)19-7-5-17(6-8-19)20(26)25-14-18-4-3-9-22(18,15-25)21(27)28/h5-8,16,18H,3-4,9-15H2,1-2H3,(H,27,28)/t18-,22+/m0/s1. The molecule has 2 aliphatic heterocycles. The van der Waals surface area contributed by atoms with Crippen LogP contribution in [0.15, 0.2) is 24.3 Å². The average molecular weight is 386 g/mol. The Kier molecular flexibility index (Phi) is 5.08. The monoisotopic (exact) mass is 385 g/mol. The zero-order valence-electron chi connectivity index (χ0n) is 16.9. The number of hydrogen-bond acceptors (Lipinski definition) is 4. The van der Waals surface area contributed by atoms with E-state index in [0.717, 1.165) is 44.7 Å². The summed E-state index contributed by atoms with van der Waals surface area (Å²) >= 11 is 0. The van der Waals surface area contributed by atoms with Crippen molar-refractivity contribution in [3.63, 3.8) is 0 Å². The first-order chi connectivity index (χ1) is 13.4. The number of carboxylic acid groups (broad SMARTS) is 1. The smallest absolute Gasteiger partial charge is 0.311 e. The minimum Gasteiger partial charge on any atom is -0.481 e. The molecule has 4 rings (SSSR count). The van der Waals surface area contributed by atoms with Crippen LogP contribution in [0.2, 0.25) is 0 Å². The fourth-order valence-electron chi connectivity index (χ4n) is 5.29. The molecule has 3 fully saturated rings. The zero-order chi connectivity index (χ0) is 19.9. The van der Waals surface area contributed by atoms with Gasteiger partial charge < -0.3 is 14.9 Å². The average Bonchev–Trinajstić information content (AvgIpc) is 3.26. The van der Waals surface area contributed by atoms with Crippen LogP contribution in [0.3, 0.4) is 0 Å². The molecule has 0 bridgehead atoms. The molecule has 3 aliphatic rings. The molecule has 28 heavy (non-hydrogen) atoms. The fourth-order valence-corrected chi connectivity index (χ4v) is 5.29. The van der Waals surface area contributed by atoms with Crippen molar-refractivity contribution in [1.29, 1.82) is 0 Å². The lowest BCUT2D eigenvalue weighted by molar-refractivity contribution is -0.149. The molecule has 1 amide bonds. The summed E-state index contributed by atoms with van der Waals surface area (Å²) in [4.78, 5) is 31.4. The molecule has 1 saturated carbocycles. The first-order valence-electron chi connectivity index (χ1n) is 10.5. The van der Waals surface area contributed by atoms with Crippen molar-refractivity contribution in [3.8, 4) is 0 Å². The van der Waals surface area contributed by atoms with Crippen LogP contribution in [0.5, 0.6) is 0 Å². The highest BCUT2D eigenvalue weighted by atomic mass is 16.4. The third kappa shape index (κ3) is 3.28. The van der Waals surface area contributed by atoms with Gasteiger partial charge in [0.2, 0.25) is 0 Å². The van der Waals surface area contributed by atoms with Crippen molar-refractivity contribution in [3.05, 3.63) is 29.8 Å². The van der Waals surface area contributed by atoms with E-state index in [0.29, 0.717) is 31.1 Å². The number of anilines is 1. The zero-order valence-corrected chi connectivity index (χ0v) is 16.9. The van der Waals surface area contributed by atoms with Gasteiger partial charge in [-0.1, -0.05) is 6.42 Å². The lowest BCUT2D eigenvalue weighted by Gasteiger charge is -2.38. The van der Waals surface area contributed by atoms with E-state index in [9.17, 15) is 14.7 Å². The lowest BCUT2D eigenvalue weighted by Crippen LogP contribution is -2.48. The minimum absolute atomic E-state index is 0.0359. The Morgan fingerprint density at radius 3 is 2.36 bits per heavy atom. The van der Waals surface area contributed by atoms with Crippen molar-refractivity contribution >= 4 is 17.6 Å². The predicted octanol–water partition coefficient (Wildman–Crippen LogP) is 2.54. The number of benzene rings is 1. The number of carbonyl (C=O) groups excluding carboxylic acids is 1. The van der Waals surface area contributed by atoms with E-state index in [1.165, 1.54) is 0 Å². The molecule has 0 unspecified atom stereocenters. The lowest BCUT2D eigenvalue weighted by atomic mass is 9.81. The fraction of sp³-hybridized carbons (Fsp3) is 0.636. The number of carbonyl (C=O) groups is 2. The summed E-state index contributed by atoms with van der Waals surface area (Å²) in [5.41, 5.74) is 1.09. The molecule has 2 saturated heterocycles. The van der Waals surface area contributed by atoms with E-state index in [-0.39, 0.29) is 11.8 Å². The molecule has 1 N–H and O–H groups in total. The van der Waals surface area contributed by atoms with Crippen LogP contribution in [-0.4, -0.2) is 72.1 Å². The van der Waals surface area contributed by atoms with Gasteiger partial charge in [-0.05, 0) is 56.9 Å². The van der Waals surface area contributed by atoms with Gasteiger partial charge in [-0.3, -0.25) is 14.5 Å². The van der Waals surface area contributed by atoms with Crippen molar-refractivity contribution in [2.24, 2.45) is 11.3 Å². The molecule has 0 radical (unpaired) electrons. The number of likely N-dealkylation sites (tertiary alicyclic amines) is 1. The number of amides is 1. The number of nitrogens with zero attached hydrogens (tertiary/aromatic N) is 3. The van der Waals surface area contributed by atoms with Gasteiger partial charge >= 0.3 is 5.97 Å². The molecular formula is C22H31N3O3. The van der Waals surface area contributed by atoms with E-state index in [1.54, 1.807) is 4.90 Å². The van der Waals surface area contributed by atoms with Gasteiger partial charge in [0.1, 0.15) is 0 Å². The summed E-state index contributed by atoms with van der Waals surface area (Å²) < 4.78 is 0. The predicted molar refractivity (Wildman–Crippen MR) is 109 cm³/mol. The van der Waals surface area contributed by atoms with E-state index in [4.69, 9.17) is 0 Å². The number of rotatable bonds is 4. The molecule has 1 aliphatic carbocycles. The summed E-state index contributed by atoms with van der Waals surface area (Å²) in [7, 11) is 0. The van der Waals surface area contributed by atoms with Crippen LogP contribution >= 0.6 is 0 Å². The summed E-state index contributed by atoms with van der Waals surface area (Å²) in [6.45, 7) is 9.51. The largest absolute Gasteiger partial charge is 0.481 e. The van der Waals surface area contributed by atoms with Crippen LogP contribution < -0.4 is 4.90 Å². The maximum Gasteiger partial charge on any atom is 0.311 e. The number of aliphatic carboxylic acids is 1. The maximum atomic E-state index is 13.0. The summed E-state index contributed by atoms with van der Waals surface area (Å²) in [5, 5.41) is 9.73. The quantitative estimate of drug-likeness (QED) is 0.863. The van der Waals surface area contributed by atoms with E-state index < -0.39 is 11.4 Å². The first kappa shape index (κ1) is 19.2. The van der Waals surface area contributed by atoms with Gasteiger partial charge in [0.15, 0.2) is 0 Å². The Morgan fingerprint density at radius 2 is 1.79 bits per heavy atom. The van der Waals surface area contributed by atoms with Gasteiger partial charge in [-0.25, -0.2) is 0 Å². The summed E-state index contributed by atoms with van der Waals surface area (Å²) in [6, 6.07) is 8.43. The number of hydrogen-bond donors (Lipinski definition) is 1. The summed E-state index contributed by atoms with van der Waals surface area (Å²) in [5.74, 6) is -0.669. The Labute approximate surface area is 167 Å². The second kappa shape index (κ2) is 7.39. The van der Waals surface area contributed by atoms with E-state index in [1.807, 2.05) is 24.3 Å². The highest BCUT2D eigenvalue weighted by Crippen LogP contribution is 2.49. The number of piperazine rings is 1. The Bertz CT molecular complexity index is 740. The second-order valence-corrected chi connectivity index (χ2v) is 8.90. The molecule has 0 spiro atoms. The number of carboxylic acids is 1. The minimum atomic E-state index is -0.735. The Hall–Kier alpha value is -2.08. The van der Waals surface area contributed by atoms with Crippen LogP contribution in [-0.2, 0) is 4.79 Å². The van der Waals surface area contributed by atoms with Crippen LogP contribution in [0.4, 0.5) is 5.69 Å². The topological polar surface area (TPSA) is 64.1 Å². The third-order valence-corrected chi connectivity index (χ3v) is 7.11. The van der Waals surface area contributed by atoms with Crippen molar-refractivity contribution < 1.29 is 14.7 Å². The van der Waals surface area contributed by atoms with Crippen LogP contribution in [0, 0.1) is 11.3 Å². The Balaban J connectivity index is 1.41. The molecule has 6 heteroatoms. The highest BCUT2D eigenvalue weighted by Gasteiger charge is 2.55. The van der Waals surface area contributed by atoms with Crippen LogP contribution in [0.1, 0.15) is 43.5 Å². The van der Waals surface area contributed by atoms with Gasteiger partial charge in [0, 0.05) is 56.6 Å². The Morgan fingerprint density at radius 1 is 1.11 bits per heavy atom. The molecule has 2 atom stereocenters. The van der Waals surface area contributed by atoms with E-state index in [2.05, 4.69) is 23.6 Å². The van der Waals surface area contributed by atoms with Gasteiger partial charge in [0.05, 0.1) is 5.41 Å². The third-order valence-electron chi connectivity index (χ3n) is 7.11. The molecule has 2 heterocycles. The van der Waals surface area contributed by atoms with Gasteiger partial charge in [-0.15, -0.1) is 0 Å². The molecule has 6 nitrogen and oxygen atoms in total. The van der Waals surface area contributed by atoms with Crippen molar-refractivity contribution in [2.45, 2.75) is 39.2 Å². The molecule has 0 aromatic heterocycles. The second-order valence-electron chi connectivity index (χ2n) is 8.90. The molecule has 1 aromatic rings. The van der Waals surface area contributed by atoms with Crippen molar-refractivity contribution in [1.82, 2.24) is 9.80 Å². The first-order valence-corrected chi connectivity index (χ1v) is 10.5. The number of fused-ring (bicyclic) bond motifs is 1. The van der Waals surface area contributed by atoms with Gasteiger partial charge in [-0.2, -0.15) is 0 Å². The highest BCUT2D eigenvalue weighted by molar-refractivity contribution is 5.95. The van der Waals surface area contributed by atoms with E-state index >= 15 is 0 Å². The van der Waals surface area contributed by atoms with Gasteiger partial charge in [0.25, 0.3) is 5.91 Å². The van der Waals surface area contributed by atoms with Crippen molar-refractivity contribution in [2.75, 3.05) is 44.2 Å². The summed E-state index contributed by atoms with van der Waals surface area (Å²) in [6.07, 6.45) is 2.56. The molecular weight excluding hydrogens is 354 g/mol. The maximum absolute atomic E-state index is 13.0.